The highest BCUT2D eigenvalue weighted by Crippen LogP contribution is 2.57. The van der Waals surface area contributed by atoms with Gasteiger partial charge in [-0.1, -0.05) is 6.07 Å². The third kappa shape index (κ3) is 9.48. The van der Waals surface area contributed by atoms with Crippen LogP contribution in [0.3, 0.4) is 0 Å². The molecule has 0 atom stereocenters. The SMILES string of the molecule is CC(C)(C)OC(=O)N1CCN(C(=O)OC(C)(C)C)CCN(C(=O)c2ccc3c(c2)C(=O)OC32c3ccc(O)cc3Oc3cc(O)ccc32)CCN(C(=O)OC(C)(C)C)CC1. The summed E-state index contributed by atoms with van der Waals surface area (Å²) in [5.74, 6) is -0.942. The second-order valence-electron chi connectivity index (χ2n) is 18.0. The summed E-state index contributed by atoms with van der Waals surface area (Å²) in [4.78, 5) is 74.8. The lowest BCUT2D eigenvalue weighted by molar-refractivity contribution is 0.00479. The van der Waals surface area contributed by atoms with Gasteiger partial charge in [0, 0.05) is 86.7 Å². The number of hydrogen-bond acceptors (Lipinski definition) is 12. The van der Waals surface area contributed by atoms with Crippen LogP contribution in [0, 0.1) is 0 Å². The lowest BCUT2D eigenvalue weighted by Crippen LogP contribution is -2.52. The summed E-state index contributed by atoms with van der Waals surface area (Å²) in [6.45, 7) is 15.8. The molecule has 3 aliphatic rings. The Morgan fingerprint density at radius 1 is 0.550 bits per heavy atom. The monoisotopic (exact) mass is 830 g/mol. The summed E-state index contributed by atoms with van der Waals surface area (Å²) in [6.07, 6.45) is -1.91. The van der Waals surface area contributed by atoms with E-state index in [1.165, 1.54) is 49.9 Å². The molecule has 4 amide bonds. The van der Waals surface area contributed by atoms with Gasteiger partial charge in [-0.05, 0) is 98.7 Å². The zero-order chi connectivity index (χ0) is 43.9. The highest BCUT2D eigenvalue weighted by molar-refractivity contribution is 6.01. The highest BCUT2D eigenvalue weighted by Gasteiger charge is 2.54. The Bertz CT molecular complexity index is 2090. The molecular weight excluding hydrogens is 776 g/mol. The van der Waals surface area contributed by atoms with Crippen LogP contribution in [0.4, 0.5) is 14.4 Å². The van der Waals surface area contributed by atoms with E-state index in [1.54, 1.807) is 86.6 Å². The number of phenolic OH excluding ortho intramolecular Hbond substituents is 2. The van der Waals surface area contributed by atoms with Crippen molar-refractivity contribution in [3.05, 3.63) is 82.4 Å². The molecule has 0 aliphatic carbocycles. The summed E-state index contributed by atoms with van der Waals surface area (Å²) in [6, 6.07) is 13.5. The molecule has 0 aromatic heterocycles. The van der Waals surface area contributed by atoms with Gasteiger partial charge in [-0.2, -0.15) is 0 Å². The Balaban J connectivity index is 1.36. The normalized spacial score (nSPS) is 16.9. The molecule has 2 N–H and O–H groups in total. The Kier molecular flexibility index (Phi) is 11.6. The number of amides is 4. The zero-order valence-electron chi connectivity index (χ0n) is 35.6. The Morgan fingerprint density at radius 3 is 1.30 bits per heavy atom. The number of carbonyl (C=O) groups excluding carboxylic acids is 5. The summed E-state index contributed by atoms with van der Waals surface area (Å²) >= 11 is 0. The van der Waals surface area contributed by atoms with Crippen LogP contribution in [0.25, 0.3) is 0 Å². The van der Waals surface area contributed by atoms with Crippen molar-refractivity contribution in [1.82, 2.24) is 19.6 Å². The first-order valence-electron chi connectivity index (χ1n) is 19.9. The first-order chi connectivity index (χ1) is 27.9. The minimum atomic E-state index is -1.53. The number of fused-ring (bicyclic) bond motifs is 6. The summed E-state index contributed by atoms with van der Waals surface area (Å²) < 4.78 is 29.4. The van der Waals surface area contributed by atoms with Crippen LogP contribution in [-0.2, 0) is 24.5 Å². The van der Waals surface area contributed by atoms with Crippen molar-refractivity contribution in [1.29, 1.82) is 0 Å². The van der Waals surface area contributed by atoms with Crippen molar-refractivity contribution in [3.8, 4) is 23.0 Å². The number of hydrogen-bond donors (Lipinski definition) is 2. The topological polar surface area (TPSA) is 185 Å². The number of esters is 1. The quantitative estimate of drug-likeness (QED) is 0.193. The molecule has 0 bridgehead atoms. The van der Waals surface area contributed by atoms with E-state index in [0.717, 1.165) is 0 Å². The van der Waals surface area contributed by atoms with Gasteiger partial charge in [0.15, 0.2) is 5.60 Å². The predicted octanol–water partition coefficient (Wildman–Crippen LogP) is 6.83. The second-order valence-corrected chi connectivity index (χ2v) is 18.0. The number of carbonyl (C=O) groups is 5. The van der Waals surface area contributed by atoms with E-state index in [4.69, 9.17) is 23.7 Å². The van der Waals surface area contributed by atoms with Crippen molar-refractivity contribution in [2.24, 2.45) is 0 Å². The molecule has 0 unspecified atom stereocenters. The smallest absolute Gasteiger partial charge is 0.410 e. The van der Waals surface area contributed by atoms with Gasteiger partial charge in [-0.25, -0.2) is 19.2 Å². The lowest BCUT2D eigenvalue weighted by Gasteiger charge is -2.36. The van der Waals surface area contributed by atoms with Crippen LogP contribution < -0.4 is 4.74 Å². The molecular formula is C44H54N4O12. The predicted molar refractivity (Wildman–Crippen MR) is 217 cm³/mol. The average Bonchev–Trinajstić information content (AvgIpc) is 3.40. The van der Waals surface area contributed by atoms with Crippen molar-refractivity contribution in [2.75, 3.05) is 52.4 Å². The Morgan fingerprint density at radius 2 is 0.917 bits per heavy atom. The molecule has 0 saturated carbocycles. The van der Waals surface area contributed by atoms with E-state index in [2.05, 4.69) is 0 Å². The standard InChI is InChI=1S/C44H54N4O12/c1-41(2,3)58-38(53)46-18-16-45(17-19-47(39(54)59-42(4,5)6)21-23-48(22-20-46)40(55)60-43(7,8)9)36(51)27-10-13-31-30(24-27)37(52)57-44(31)32-14-11-28(49)25-34(32)56-35-26-29(50)12-15-33(35)44/h10-15,24-26,49-50H,16-23H2,1-9H3. The van der Waals surface area contributed by atoms with Crippen LogP contribution in [0.1, 0.15) is 99.7 Å². The molecule has 60 heavy (non-hydrogen) atoms. The van der Waals surface area contributed by atoms with Gasteiger partial charge >= 0.3 is 24.2 Å². The molecule has 1 fully saturated rings. The van der Waals surface area contributed by atoms with Crippen LogP contribution in [0.5, 0.6) is 23.0 Å². The van der Waals surface area contributed by atoms with Crippen LogP contribution >= 0.6 is 0 Å². The molecule has 1 saturated heterocycles. The minimum absolute atomic E-state index is 0.00139. The number of phenols is 2. The third-order valence-electron chi connectivity index (χ3n) is 9.82. The van der Waals surface area contributed by atoms with E-state index < -0.39 is 52.6 Å². The van der Waals surface area contributed by atoms with Gasteiger partial charge in [0.25, 0.3) is 5.91 Å². The highest BCUT2D eigenvalue weighted by atomic mass is 16.6. The number of ether oxygens (including phenoxy) is 5. The van der Waals surface area contributed by atoms with Crippen molar-refractivity contribution in [3.63, 3.8) is 0 Å². The molecule has 16 heteroatoms. The zero-order valence-corrected chi connectivity index (χ0v) is 35.6. The molecule has 322 valence electrons. The van der Waals surface area contributed by atoms with E-state index in [9.17, 15) is 34.2 Å². The number of nitrogens with zero attached hydrogens (tertiary/aromatic N) is 4. The van der Waals surface area contributed by atoms with E-state index in [1.807, 2.05) is 0 Å². The van der Waals surface area contributed by atoms with Crippen LogP contribution in [0.2, 0.25) is 0 Å². The molecule has 3 aliphatic heterocycles. The summed E-state index contributed by atoms with van der Waals surface area (Å²) in [5, 5.41) is 20.6. The molecule has 3 heterocycles. The molecule has 1 spiro atoms. The van der Waals surface area contributed by atoms with Crippen LogP contribution in [0.15, 0.2) is 54.6 Å². The van der Waals surface area contributed by atoms with E-state index in [-0.39, 0.29) is 86.5 Å². The lowest BCUT2D eigenvalue weighted by atomic mass is 9.77. The first-order valence-corrected chi connectivity index (χ1v) is 19.9. The molecule has 3 aromatic carbocycles. The van der Waals surface area contributed by atoms with E-state index >= 15 is 0 Å². The third-order valence-corrected chi connectivity index (χ3v) is 9.82. The Hall–Kier alpha value is -6.19. The van der Waals surface area contributed by atoms with Gasteiger partial charge in [0.05, 0.1) is 5.56 Å². The van der Waals surface area contributed by atoms with Crippen molar-refractivity contribution in [2.45, 2.75) is 84.7 Å². The molecule has 16 nitrogen and oxygen atoms in total. The fourth-order valence-corrected chi connectivity index (χ4v) is 7.16. The number of benzene rings is 3. The Labute approximate surface area is 349 Å². The number of aromatic hydroxyl groups is 2. The van der Waals surface area contributed by atoms with Gasteiger partial charge in [-0.15, -0.1) is 0 Å². The summed E-state index contributed by atoms with van der Waals surface area (Å²) in [7, 11) is 0. The maximum atomic E-state index is 14.6. The largest absolute Gasteiger partial charge is 0.508 e. The summed E-state index contributed by atoms with van der Waals surface area (Å²) in [5.41, 5.74) is -2.46. The van der Waals surface area contributed by atoms with Gasteiger partial charge in [0.2, 0.25) is 0 Å². The number of rotatable bonds is 1. The maximum Gasteiger partial charge on any atom is 0.410 e. The van der Waals surface area contributed by atoms with Gasteiger partial charge in [0.1, 0.15) is 39.8 Å². The average molecular weight is 831 g/mol. The van der Waals surface area contributed by atoms with Crippen molar-refractivity contribution < 1.29 is 57.9 Å². The second kappa shape index (κ2) is 16.1. The van der Waals surface area contributed by atoms with Gasteiger partial charge in [-0.3, -0.25) is 4.79 Å². The molecule has 6 rings (SSSR count). The maximum absolute atomic E-state index is 14.6. The van der Waals surface area contributed by atoms with Gasteiger partial charge < -0.3 is 53.5 Å². The van der Waals surface area contributed by atoms with Crippen LogP contribution in [-0.4, -0.2) is 129 Å². The molecule has 0 radical (unpaired) electrons. The molecule has 3 aromatic rings. The fraction of sp³-hybridized carbons (Fsp3) is 0.477. The van der Waals surface area contributed by atoms with E-state index in [0.29, 0.717) is 16.7 Å². The minimum Gasteiger partial charge on any atom is -0.508 e. The van der Waals surface area contributed by atoms with Crippen molar-refractivity contribution >= 4 is 30.2 Å². The first kappa shape index (κ1) is 43.4. The fourth-order valence-electron chi connectivity index (χ4n) is 7.16.